The number of methoxy groups -OCH3 is 1. The average Bonchev–Trinajstić information content (AvgIpc) is 2.52. The summed E-state index contributed by atoms with van der Waals surface area (Å²) in [5, 5.41) is 10.9. The molecule has 6 nitrogen and oxygen atoms in total. The minimum Gasteiger partial charge on any atom is -0.496 e. The summed E-state index contributed by atoms with van der Waals surface area (Å²) in [7, 11) is 1.55. The van der Waals surface area contributed by atoms with Crippen LogP contribution in [0.4, 0.5) is 5.69 Å². The van der Waals surface area contributed by atoms with Crippen molar-refractivity contribution in [3.63, 3.8) is 0 Å². The summed E-state index contributed by atoms with van der Waals surface area (Å²) < 4.78 is 11.2. The van der Waals surface area contributed by atoms with E-state index in [-0.39, 0.29) is 11.8 Å². The zero-order valence-corrected chi connectivity index (χ0v) is 12.3. The Bertz CT molecular complexity index is 493. The second kappa shape index (κ2) is 7.38. The van der Waals surface area contributed by atoms with Crippen LogP contribution in [0.2, 0.25) is 0 Å². The second-order valence-corrected chi connectivity index (χ2v) is 5.38. The Morgan fingerprint density at radius 1 is 1.38 bits per heavy atom. The van der Waals surface area contributed by atoms with Crippen LogP contribution in [0.25, 0.3) is 0 Å². The molecule has 1 saturated carbocycles. The molecule has 0 aromatic heterocycles. The molecule has 6 heteroatoms. The van der Waals surface area contributed by atoms with Crippen molar-refractivity contribution < 1.29 is 14.4 Å². The number of nitrogens with zero attached hydrogens (tertiary/aromatic N) is 1. The molecule has 2 atom stereocenters. The van der Waals surface area contributed by atoms with E-state index in [2.05, 4.69) is 0 Å². The van der Waals surface area contributed by atoms with Gasteiger partial charge in [0, 0.05) is 17.7 Å². The molecule has 0 radical (unpaired) electrons. The maximum atomic E-state index is 10.9. The summed E-state index contributed by atoms with van der Waals surface area (Å²) in [6.07, 6.45) is 4.56. The minimum absolute atomic E-state index is 0.0495. The van der Waals surface area contributed by atoms with E-state index in [0.717, 1.165) is 19.3 Å². The Balaban J connectivity index is 2.07. The fourth-order valence-corrected chi connectivity index (χ4v) is 2.85. The largest absolute Gasteiger partial charge is 0.496 e. The molecule has 2 unspecified atom stereocenters. The molecule has 1 aromatic carbocycles. The van der Waals surface area contributed by atoms with Gasteiger partial charge in [-0.05, 0) is 31.4 Å². The topological polar surface area (TPSA) is 87.6 Å². The van der Waals surface area contributed by atoms with Crippen LogP contribution in [0, 0.1) is 16.0 Å². The number of hydrogen-bond donors (Lipinski definition) is 1. The van der Waals surface area contributed by atoms with Crippen LogP contribution in [0.5, 0.6) is 5.75 Å². The SMILES string of the molecule is COc1ccc([N+](=O)[O-])cc1COC1CCCCC1CN. The maximum absolute atomic E-state index is 10.9. The van der Waals surface area contributed by atoms with Gasteiger partial charge in [-0.15, -0.1) is 0 Å². The van der Waals surface area contributed by atoms with Crippen LogP contribution in [-0.4, -0.2) is 24.7 Å². The first kappa shape index (κ1) is 15.7. The van der Waals surface area contributed by atoms with Crippen molar-refractivity contribution in [2.45, 2.75) is 38.4 Å². The van der Waals surface area contributed by atoms with Gasteiger partial charge in [0.15, 0.2) is 0 Å². The van der Waals surface area contributed by atoms with Crippen molar-refractivity contribution in [3.8, 4) is 5.75 Å². The van der Waals surface area contributed by atoms with Gasteiger partial charge in [-0.1, -0.05) is 12.8 Å². The molecule has 0 heterocycles. The van der Waals surface area contributed by atoms with Gasteiger partial charge in [0.05, 0.1) is 24.7 Å². The molecule has 1 aromatic rings. The standard InChI is InChI=1S/C15H22N2O4/c1-20-14-7-6-13(17(18)19)8-12(14)10-21-15-5-3-2-4-11(15)9-16/h6-8,11,15H,2-5,9-10,16H2,1H3. The number of hydrogen-bond acceptors (Lipinski definition) is 5. The summed E-state index contributed by atoms with van der Waals surface area (Å²) in [6.45, 7) is 0.933. The minimum atomic E-state index is -0.410. The Morgan fingerprint density at radius 2 is 2.14 bits per heavy atom. The Kier molecular flexibility index (Phi) is 5.52. The normalized spacial score (nSPS) is 22.0. The summed E-state index contributed by atoms with van der Waals surface area (Å²) in [4.78, 5) is 10.5. The average molecular weight is 294 g/mol. The first-order chi connectivity index (χ1) is 10.2. The molecule has 116 valence electrons. The Hall–Kier alpha value is -1.66. The predicted octanol–water partition coefficient (Wildman–Crippen LogP) is 2.64. The highest BCUT2D eigenvalue weighted by Gasteiger charge is 2.25. The van der Waals surface area contributed by atoms with Crippen LogP contribution < -0.4 is 10.5 Å². The number of rotatable bonds is 6. The molecule has 1 fully saturated rings. The van der Waals surface area contributed by atoms with E-state index in [1.165, 1.54) is 18.6 Å². The zero-order chi connectivity index (χ0) is 15.2. The summed E-state index contributed by atoms with van der Waals surface area (Å²) in [5.41, 5.74) is 6.54. The molecule has 0 saturated heterocycles. The summed E-state index contributed by atoms with van der Waals surface area (Å²) >= 11 is 0. The van der Waals surface area contributed by atoms with Crippen molar-refractivity contribution in [1.82, 2.24) is 0 Å². The summed E-state index contributed by atoms with van der Waals surface area (Å²) in [6, 6.07) is 4.56. The number of nitrogens with two attached hydrogens (primary N) is 1. The van der Waals surface area contributed by atoms with E-state index in [0.29, 0.717) is 30.4 Å². The van der Waals surface area contributed by atoms with Gasteiger partial charge in [-0.3, -0.25) is 10.1 Å². The van der Waals surface area contributed by atoms with Crippen LogP contribution in [0.1, 0.15) is 31.2 Å². The lowest BCUT2D eigenvalue weighted by atomic mass is 9.86. The third-order valence-electron chi connectivity index (χ3n) is 4.07. The van der Waals surface area contributed by atoms with Crippen molar-refractivity contribution in [2.24, 2.45) is 11.7 Å². The van der Waals surface area contributed by atoms with Gasteiger partial charge in [0.1, 0.15) is 5.75 Å². The van der Waals surface area contributed by atoms with Crippen molar-refractivity contribution in [3.05, 3.63) is 33.9 Å². The molecular weight excluding hydrogens is 272 g/mol. The molecule has 0 bridgehead atoms. The molecule has 0 amide bonds. The molecule has 2 N–H and O–H groups in total. The lowest BCUT2D eigenvalue weighted by Gasteiger charge is -2.30. The molecule has 1 aliphatic rings. The molecule has 0 spiro atoms. The smallest absolute Gasteiger partial charge is 0.270 e. The third kappa shape index (κ3) is 3.92. The van der Waals surface area contributed by atoms with Crippen LogP contribution >= 0.6 is 0 Å². The third-order valence-corrected chi connectivity index (χ3v) is 4.07. The van der Waals surface area contributed by atoms with Crippen molar-refractivity contribution in [1.29, 1.82) is 0 Å². The first-order valence-corrected chi connectivity index (χ1v) is 7.28. The number of benzene rings is 1. The quantitative estimate of drug-likeness (QED) is 0.643. The van der Waals surface area contributed by atoms with E-state index in [1.54, 1.807) is 13.2 Å². The van der Waals surface area contributed by atoms with Gasteiger partial charge < -0.3 is 15.2 Å². The van der Waals surface area contributed by atoms with E-state index >= 15 is 0 Å². The maximum Gasteiger partial charge on any atom is 0.270 e. The fourth-order valence-electron chi connectivity index (χ4n) is 2.85. The number of nitro benzene ring substituents is 1. The lowest BCUT2D eigenvalue weighted by Crippen LogP contribution is -2.33. The van der Waals surface area contributed by atoms with E-state index < -0.39 is 4.92 Å². The molecule has 1 aliphatic carbocycles. The number of ether oxygens (including phenoxy) is 2. The predicted molar refractivity (Wildman–Crippen MR) is 79.2 cm³/mol. The highest BCUT2D eigenvalue weighted by molar-refractivity contribution is 5.43. The number of nitro groups is 1. The first-order valence-electron chi connectivity index (χ1n) is 7.28. The number of non-ortho nitro benzene ring substituents is 1. The van der Waals surface area contributed by atoms with Gasteiger partial charge in [-0.25, -0.2) is 0 Å². The lowest BCUT2D eigenvalue weighted by molar-refractivity contribution is -0.385. The highest BCUT2D eigenvalue weighted by Crippen LogP contribution is 2.29. The highest BCUT2D eigenvalue weighted by atomic mass is 16.6. The molecule has 0 aliphatic heterocycles. The van der Waals surface area contributed by atoms with Crippen molar-refractivity contribution in [2.75, 3.05) is 13.7 Å². The molecule has 2 rings (SSSR count). The Morgan fingerprint density at radius 3 is 2.81 bits per heavy atom. The van der Waals surface area contributed by atoms with E-state index in [9.17, 15) is 10.1 Å². The van der Waals surface area contributed by atoms with Crippen LogP contribution in [0.3, 0.4) is 0 Å². The van der Waals surface area contributed by atoms with Gasteiger partial charge in [0.2, 0.25) is 0 Å². The van der Waals surface area contributed by atoms with Crippen LogP contribution in [0.15, 0.2) is 18.2 Å². The van der Waals surface area contributed by atoms with Gasteiger partial charge in [-0.2, -0.15) is 0 Å². The fraction of sp³-hybridized carbons (Fsp3) is 0.600. The second-order valence-electron chi connectivity index (χ2n) is 5.38. The van der Waals surface area contributed by atoms with E-state index in [4.69, 9.17) is 15.2 Å². The molecule has 21 heavy (non-hydrogen) atoms. The van der Waals surface area contributed by atoms with Gasteiger partial charge in [0.25, 0.3) is 5.69 Å². The van der Waals surface area contributed by atoms with E-state index in [1.807, 2.05) is 0 Å². The monoisotopic (exact) mass is 294 g/mol. The zero-order valence-electron chi connectivity index (χ0n) is 12.3. The van der Waals surface area contributed by atoms with Crippen LogP contribution in [-0.2, 0) is 11.3 Å². The summed E-state index contributed by atoms with van der Waals surface area (Å²) in [5.74, 6) is 0.990. The molecular formula is C15H22N2O4. The van der Waals surface area contributed by atoms with Gasteiger partial charge >= 0.3 is 0 Å². The van der Waals surface area contributed by atoms with Crippen molar-refractivity contribution >= 4 is 5.69 Å². The Labute approximate surface area is 124 Å².